The molecule has 41 heavy (non-hydrogen) atoms. The molecule has 2 N–H and O–H groups in total. The second-order valence-corrected chi connectivity index (χ2v) is 10.9. The lowest BCUT2D eigenvalue weighted by atomic mass is 9.76. The molecule has 4 aliphatic rings. The number of nitrogens with zero attached hydrogens (tertiary/aromatic N) is 4. The van der Waals surface area contributed by atoms with Crippen LogP contribution in [0, 0.1) is 12.7 Å². The third-order valence-corrected chi connectivity index (χ3v) is 7.73. The molecule has 216 valence electrons. The molecule has 3 fully saturated rings. The van der Waals surface area contributed by atoms with Crippen LogP contribution in [0.15, 0.2) is 33.8 Å². The van der Waals surface area contributed by atoms with Crippen LogP contribution in [-0.2, 0) is 20.9 Å². The van der Waals surface area contributed by atoms with Crippen molar-refractivity contribution in [3.8, 4) is 0 Å². The monoisotopic (exact) mass is 570 g/mol. The SMILES string of the molecule is Cc1cc(CNC(=O)C2N=C3N(CC4(F)CCC3(NC(=O)c3cc(C(=O)N(C)C)on3)CC4)C(=O)C2=O)ccc1F. The summed E-state index contributed by atoms with van der Waals surface area (Å²) in [6, 6.07) is 3.66. The fourth-order valence-electron chi connectivity index (χ4n) is 5.36. The van der Waals surface area contributed by atoms with Crippen molar-refractivity contribution in [3.63, 3.8) is 0 Å². The molecule has 0 spiro atoms. The highest BCUT2D eigenvalue weighted by Gasteiger charge is 2.58. The van der Waals surface area contributed by atoms with E-state index in [0.29, 0.717) is 11.1 Å². The van der Waals surface area contributed by atoms with Gasteiger partial charge in [0, 0.05) is 26.7 Å². The van der Waals surface area contributed by atoms with Crippen molar-refractivity contribution >= 4 is 35.2 Å². The molecule has 4 heterocycles. The van der Waals surface area contributed by atoms with Crippen molar-refractivity contribution in [2.24, 2.45) is 4.99 Å². The molecule has 3 aliphatic heterocycles. The Morgan fingerprint density at radius 3 is 2.51 bits per heavy atom. The van der Waals surface area contributed by atoms with Gasteiger partial charge in [0.05, 0.1) is 12.1 Å². The molecule has 14 heteroatoms. The number of amidine groups is 1. The van der Waals surface area contributed by atoms with E-state index in [-0.39, 0.29) is 49.5 Å². The van der Waals surface area contributed by atoms with Crippen LogP contribution in [0.2, 0.25) is 0 Å². The number of rotatable bonds is 6. The summed E-state index contributed by atoms with van der Waals surface area (Å²) >= 11 is 0. The van der Waals surface area contributed by atoms with E-state index < -0.39 is 59.0 Å². The van der Waals surface area contributed by atoms with Gasteiger partial charge >= 0.3 is 0 Å². The Balaban J connectivity index is 1.44. The zero-order valence-electron chi connectivity index (χ0n) is 22.6. The van der Waals surface area contributed by atoms with Crippen molar-refractivity contribution in [1.82, 2.24) is 25.6 Å². The Morgan fingerprint density at radius 2 is 1.85 bits per heavy atom. The number of carbonyl (C=O) groups excluding carboxylic acids is 5. The molecule has 0 radical (unpaired) electrons. The van der Waals surface area contributed by atoms with Gasteiger partial charge in [0.25, 0.3) is 29.4 Å². The summed E-state index contributed by atoms with van der Waals surface area (Å²) < 4.78 is 34.3. The quantitative estimate of drug-likeness (QED) is 0.389. The molecule has 1 aromatic carbocycles. The maximum atomic E-state index is 15.6. The molecule has 1 unspecified atom stereocenters. The zero-order chi connectivity index (χ0) is 29.7. The van der Waals surface area contributed by atoms with Crippen LogP contribution < -0.4 is 10.6 Å². The van der Waals surface area contributed by atoms with E-state index in [2.05, 4.69) is 20.8 Å². The minimum atomic E-state index is -1.81. The molecule has 1 aliphatic carbocycles. The van der Waals surface area contributed by atoms with Gasteiger partial charge in [-0.25, -0.2) is 13.8 Å². The first kappa shape index (κ1) is 28.1. The van der Waals surface area contributed by atoms with Gasteiger partial charge in [-0.15, -0.1) is 0 Å². The van der Waals surface area contributed by atoms with Gasteiger partial charge in [-0.1, -0.05) is 17.3 Å². The van der Waals surface area contributed by atoms with Crippen LogP contribution in [-0.4, -0.2) is 88.1 Å². The minimum absolute atomic E-state index is 0.0335. The second-order valence-electron chi connectivity index (χ2n) is 10.9. The molecule has 4 amide bonds. The normalized spacial score (nSPS) is 25.2. The van der Waals surface area contributed by atoms with E-state index in [9.17, 15) is 28.4 Å². The Morgan fingerprint density at radius 1 is 1.15 bits per heavy atom. The van der Waals surface area contributed by atoms with Gasteiger partial charge in [0.1, 0.15) is 17.3 Å². The van der Waals surface area contributed by atoms with E-state index in [4.69, 9.17) is 4.52 Å². The predicted octanol–water partition coefficient (Wildman–Crippen LogP) is 1.08. The fraction of sp³-hybridized carbons (Fsp3) is 0.444. The largest absolute Gasteiger partial charge is 0.350 e. The molecule has 12 nitrogen and oxygen atoms in total. The summed E-state index contributed by atoms with van der Waals surface area (Å²) in [5, 5.41) is 9.00. The van der Waals surface area contributed by atoms with Gasteiger partial charge in [-0.2, -0.15) is 0 Å². The Kier molecular flexibility index (Phi) is 6.95. The molecule has 1 atom stereocenters. The molecule has 1 aromatic heterocycles. The van der Waals surface area contributed by atoms with Crippen LogP contribution in [0.5, 0.6) is 0 Å². The van der Waals surface area contributed by atoms with Crippen molar-refractivity contribution < 1.29 is 37.3 Å². The first-order chi connectivity index (χ1) is 19.3. The molecule has 2 bridgehead atoms. The maximum Gasteiger partial charge on any atom is 0.298 e. The van der Waals surface area contributed by atoms with Gasteiger partial charge < -0.3 is 20.1 Å². The van der Waals surface area contributed by atoms with Gasteiger partial charge in [-0.3, -0.25) is 28.9 Å². The third kappa shape index (κ3) is 5.09. The number of aromatic nitrogens is 1. The number of fused-ring (bicyclic) bond motifs is 2. The fourth-order valence-corrected chi connectivity index (χ4v) is 5.36. The summed E-state index contributed by atoms with van der Waals surface area (Å²) in [5.41, 5.74) is -2.49. The number of benzene rings is 1. The number of ketones is 1. The van der Waals surface area contributed by atoms with Gasteiger partial charge in [-0.05, 0) is 49.8 Å². The number of aliphatic imine (C=N–C) groups is 1. The highest BCUT2D eigenvalue weighted by Crippen LogP contribution is 2.44. The standard InChI is InChI=1S/C27H28F2N6O6/c1-14-10-15(4-5-16(14)28)12-30-22(38)19-20(36)24(40)35-13-26(29)6-8-27(9-7-26,25(35)31-19)32-21(37)17-11-18(41-33-17)23(39)34(2)3/h4-5,10-11,19H,6-9,12-13H2,1-3H3,(H,30,38)(H,32,37). The molecule has 2 aromatic rings. The van der Waals surface area contributed by atoms with Crippen LogP contribution in [0.4, 0.5) is 8.78 Å². The number of amides is 4. The van der Waals surface area contributed by atoms with Crippen LogP contribution in [0.3, 0.4) is 0 Å². The number of hydrogen-bond donors (Lipinski definition) is 2. The molecule has 6 rings (SSSR count). The Labute approximate surface area is 233 Å². The van der Waals surface area contributed by atoms with Crippen molar-refractivity contribution in [2.45, 2.75) is 56.4 Å². The van der Waals surface area contributed by atoms with E-state index in [1.165, 1.54) is 37.2 Å². The average Bonchev–Trinajstić information content (AvgIpc) is 3.35. The number of nitrogens with one attached hydrogen (secondary N) is 2. The minimum Gasteiger partial charge on any atom is -0.350 e. The summed E-state index contributed by atoms with van der Waals surface area (Å²) in [6.07, 6.45) is 0.00954. The van der Waals surface area contributed by atoms with Crippen molar-refractivity contribution in [2.75, 3.05) is 20.6 Å². The molecule has 1 saturated carbocycles. The summed E-state index contributed by atoms with van der Waals surface area (Å²) in [5.74, 6) is -5.04. The lowest BCUT2D eigenvalue weighted by Gasteiger charge is -2.40. The van der Waals surface area contributed by atoms with E-state index in [1.807, 2.05) is 0 Å². The Bertz CT molecular complexity index is 1490. The van der Waals surface area contributed by atoms with E-state index in [1.54, 1.807) is 6.92 Å². The van der Waals surface area contributed by atoms with Gasteiger partial charge in [0.2, 0.25) is 5.76 Å². The number of carbonyl (C=O) groups is 5. The molecule has 2 saturated heterocycles. The van der Waals surface area contributed by atoms with E-state index in [0.717, 1.165) is 11.0 Å². The topological polar surface area (TPSA) is 154 Å². The first-order valence-electron chi connectivity index (χ1n) is 13.0. The number of alkyl halides is 1. The molecular weight excluding hydrogens is 542 g/mol. The van der Waals surface area contributed by atoms with Crippen molar-refractivity contribution in [1.29, 1.82) is 0 Å². The van der Waals surface area contributed by atoms with Gasteiger partial charge in [0.15, 0.2) is 11.7 Å². The van der Waals surface area contributed by atoms with E-state index >= 15 is 4.39 Å². The van der Waals surface area contributed by atoms with Crippen molar-refractivity contribution in [3.05, 3.63) is 52.7 Å². The maximum absolute atomic E-state index is 15.6. The zero-order valence-corrected chi connectivity index (χ0v) is 22.6. The Hall–Kier alpha value is -4.49. The average molecular weight is 571 g/mol. The number of aryl methyl sites for hydroxylation is 1. The van der Waals surface area contributed by atoms with Crippen LogP contribution in [0.25, 0.3) is 0 Å². The lowest BCUT2D eigenvalue weighted by Crippen LogP contribution is -2.64. The second kappa shape index (κ2) is 10.2. The number of halogens is 2. The number of Topliss-reactive ketones (excluding diaryl/α,β-unsaturated/α-hetero) is 1. The lowest BCUT2D eigenvalue weighted by molar-refractivity contribution is -0.146. The predicted molar refractivity (Wildman–Crippen MR) is 138 cm³/mol. The summed E-state index contributed by atoms with van der Waals surface area (Å²) in [7, 11) is 3.00. The highest BCUT2D eigenvalue weighted by atomic mass is 19.1. The highest BCUT2D eigenvalue weighted by molar-refractivity contribution is 6.46. The summed E-state index contributed by atoms with van der Waals surface area (Å²) in [4.78, 5) is 71.2. The van der Waals surface area contributed by atoms with Crippen LogP contribution >= 0.6 is 0 Å². The smallest absolute Gasteiger partial charge is 0.298 e. The summed E-state index contributed by atoms with van der Waals surface area (Å²) in [6.45, 7) is 1.07. The number of hydrogen-bond acceptors (Lipinski definition) is 8. The molecular formula is C27H28F2N6O6. The third-order valence-electron chi connectivity index (χ3n) is 7.73. The van der Waals surface area contributed by atoms with Crippen LogP contribution in [0.1, 0.15) is 57.9 Å². The first-order valence-corrected chi connectivity index (χ1v) is 13.0.